The molecule has 1 aliphatic carbocycles. The molecular formula is C32H44FN3O3. The first-order valence-corrected chi connectivity index (χ1v) is 14.4. The van der Waals surface area contributed by atoms with E-state index in [0.29, 0.717) is 18.3 Å². The van der Waals surface area contributed by atoms with Crippen LogP contribution in [-0.4, -0.2) is 61.8 Å². The van der Waals surface area contributed by atoms with Gasteiger partial charge in [0.25, 0.3) is 0 Å². The van der Waals surface area contributed by atoms with E-state index < -0.39 is 11.9 Å². The Morgan fingerprint density at radius 2 is 1.79 bits per heavy atom. The number of hydrogen-bond acceptors (Lipinski definition) is 6. The highest BCUT2D eigenvalue weighted by molar-refractivity contribution is 5.64. The molecule has 0 saturated heterocycles. The SMILES string of the molecule is CCCC1(OC(=O)OC)N=CN(CCc2ccccc2)C1CC1CCC(C(c2ccc(F)cc2)N(C)C)CC1. The summed E-state index contributed by atoms with van der Waals surface area (Å²) >= 11 is 0. The smallest absolute Gasteiger partial charge is 0.438 e. The van der Waals surface area contributed by atoms with Crippen molar-refractivity contribution in [1.29, 1.82) is 0 Å². The van der Waals surface area contributed by atoms with Crippen LogP contribution >= 0.6 is 0 Å². The topological polar surface area (TPSA) is 54.4 Å². The molecule has 2 aromatic carbocycles. The van der Waals surface area contributed by atoms with Crippen LogP contribution in [0.4, 0.5) is 9.18 Å². The van der Waals surface area contributed by atoms with Crippen molar-refractivity contribution < 1.29 is 18.7 Å². The van der Waals surface area contributed by atoms with E-state index in [-0.39, 0.29) is 17.9 Å². The number of halogens is 1. The Balaban J connectivity index is 1.47. The van der Waals surface area contributed by atoms with Crippen molar-refractivity contribution in [2.75, 3.05) is 27.7 Å². The summed E-state index contributed by atoms with van der Waals surface area (Å²) in [7, 11) is 5.58. The summed E-state index contributed by atoms with van der Waals surface area (Å²) in [6, 6.07) is 17.7. The first kappa shape index (κ1) is 29.1. The molecule has 0 aromatic heterocycles. The zero-order valence-corrected chi connectivity index (χ0v) is 23.9. The molecule has 1 saturated carbocycles. The van der Waals surface area contributed by atoms with Gasteiger partial charge in [0, 0.05) is 19.0 Å². The Hall–Kier alpha value is -2.93. The quantitative estimate of drug-likeness (QED) is 0.293. The van der Waals surface area contributed by atoms with Crippen molar-refractivity contribution in [3.05, 3.63) is 71.5 Å². The fourth-order valence-electron chi connectivity index (χ4n) is 6.66. The normalized spacial score (nSPS) is 25.6. The molecular weight excluding hydrogens is 493 g/mol. The van der Waals surface area contributed by atoms with E-state index in [4.69, 9.17) is 14.5 Å². The summed E-state index contributed by atoms with van der Waals surface area (Å²) < 4.78 is 24.4. The molecule has 6 nitrogen and oxygen atoms in total. The number of carbonyl (C=O) groups excluding carboxylic acids is 1. The van der Waals surface area contributed by atoms with Gasteiger partial charge in [-0.2, -0.15) is 0 Å². The van der Waals surface area contributed by atoms with E-state index in [9.17, 15) is 9.18 Å². The largest absolute Gasteiger partial charge is 0.510 e. The first-order valence-electron chi connectivity index (χ1n) is 14.4. The Morgan fingerprint density at radius 3 is 2.41 bits per heavy atom. The minimum Gasteiger partial charge on any atom is -0.438 e. The Bertz CT molecular complexity index is 1070. The van der Waals surface area contributed by atoms with Gasteiger partial charge >= 0.3 is 6.16 Å². The zero-order valence-electron chi connectivity index (χ0n) is 23.9. The van der Waals surface area contributed by atoms with Crippen molar-refractivity contribution in [1.82, 2.24) is 9.80 Å². The standard InChI is InChI=1S/C32H44FN3O3/c1-5-20-32(39-31(37)38-4)29(36(23-34-32)21-19-24-9-7-6-8-10-24)22-25-11-13-26(14-12-25)30(35(2)3)27-15-17-28(33)18-16-27/h6-10,15-18,23,25-26,29-30H,5,11-14,19-22H2,1-4H3. The van der Waals surface area contributed by atoms with E-state index >= 15 is 0 Å². The zero-order chi connectivity index (χ0) is 27.8. The molecule has 0 amide bonds. The van der Waals surface area contributed by atoms with Gasteiger partial charge in [0.2, 0.25) is 5.72 Å². The monoisotopic (exact) mass is 537 g/mol. The van der Waals surface area contributed by atoms with E-state index in [2.05, 4.69) is 55.1 Å². The molecule has 1 fully saturated rings. The predicted molar refractivity (Wildman–Crippen MR) is 153 cm³/mol. The minimum atomic E-state index is -0.921. The van der Waals surface area contributed by atoms with Crippen molar-refractivity contribution in [2.45, 2.75) is 76.1 Å². The maximum atomic E-state index is 13.6. The van der Waals surface area contributed by atoms with Crippen LogP contribution in [0.3, 0.4) is 0 Å². The number of hydrogen-bond donors (Lipinski definition) is 0. The van der Waals surface area contributed by atoms with Gasteiger partial charge in [-0.05, 0) is 74.9 Å². The second-order valence-electron chi connectivity index (χ2n) is 11.4. The van der Waals surface area contributed by atoms with Crippen molar-refractivity contribution in [3.8, 4) is 0 Å². The van der Waals surface area contributed by atoms with E-state index in [0.717, 1.165) is 51.5 Å². The number of nitrogens with zero attached hydrogens (tertiary/aromatic N) is 3. The lowest BCUT2D eigenvalue weighted by molar-refractivity contribution is -0.0623. The Labute approximate surface area is 233 Å². The van der Waals surface area contributed by atoms with E-state index in [1.165, 1.54) is 18.2 Å². The van der Waals surface area contributed by atoms with Gasteiger partial charge in [0.15, 0.2) is 0 Å². The molecule has 0 N–H and O–H groups in total. The highest BCUT2D eigenvalue weighted by Gasteiger charge is 2.49. The molecule has 0 bridgehead atoms. The third-order valence-corrected chi connectivity index (χ3v) is 8.54. The lowest BCUT2D eigenvalue weighted by Gasteiger charge is -2.41. The molecule has 212 valence electrons. The molecule has 3 unspecified atom stereocenters. The number of carbonyl (C=O) groups is 1. The molecule has 2 aliphatic rings. The highest BCUT2D eigenvalue weighted by Crippen LogP contribution is 2.43. The van der Waals surface area contributed by atoms with E-state index in [1.54, 1.807) is 12.1 Å². The van der Waals surface area contributed by atoms with E-state index in [1.807, 2.05) is 24.5 Å². The van der Waals surface area contributed by atoms with Gasteiger partial charge in [-0.15, -0.1) is 0 Å². The van der Waals surface area contributed by atoms with Gasteiger partial charge < -0.3 is 19.3 Å². The van der Waals surface area contributed by atoms with Crippen LogP contribution in [-0.2, 0) is 15.9 Å². The van der Waals surface area contributed by atoms with Crippen LogP contribution in [0.1, 0.15) is 69.0 Å². The molecule has 3 atom stereocenters. The van der Waals surface area contributed by atoms with Gasteiger partial charge in [-0.1, -0.05) is 68.7 Å². The Morgan fingerprint density at radius 1 is 1.10 bits per heavy atom. The van der Waals surface area contributed by atoms with Crippen LogP contribution in [0.15, 0.2) is 59.6 Å². The third kappa shape index (κ3) is 7.18. The molecule has 0 spiro atoms. The number of ether oxygens (including phenoxy) is 2. The second kappa shape index (κ2) is 13.4. The average molecular weight is 538 g/mol. The number of rotatable bonds is 11. The number of aliphatic imine (C=N–C) groups is 1. The van der Waals surface area contributed by atoms with Gasteiger partial charge in [-0.3, -0.25) is 0 Å². The summed E-state index contributed by atoms with van der Waals surface area (Å²) in [6.07, 6.45) is 9.00. The summed E-state index contributed by atoms with van der Waals surface area (Å²) in [4.78, 5) is 21.7. The Kier molecular flexibility index (Phi) is 10.0. The van der Waals surface area contributed by atoms with Gasteiger partial charge in [-0.25, -0.2) is 14.2 Å². The molecule has 1 heterocycles. The maximum absolute atomic E-state index is 13.6. The summed E-state index contributed by atoms with van der Waals surface area (Å²) in [5.41, 5.74) is 1.53. The summed E-state index contributed by atoms with van der Waals surface area (Å²) in [5, 5.41) is 0. The molecule has 2 aromatic rings. The maximum Gasteiger partial charge on any atom is 0.510 e. The number of benzene rings is 2. The fraction of sp³-hybridized carbons (Fsp3) is 0.562. The van der Waals surface area contributed by atoms with Crippen molar-refractivity contribution in [3.63, 3.8) is 0 Å². The molecule has 4 rings (SSSR count). The highest BCUT2D eigenvalue weighted by atomic mass is 19.1. The van der Waals surface area contributed by atoms with Crippen molar-refractivity contribution >= 4 is 12.5 Å². The average Bonchev–Trinajstić information content (AvgIpc) is 3.26. The lowest BCUT2D eigenvalue weighted by Crippen LogP contribution is -2.50. The van der Waals surface area contributed by atoms with Crippen LogP contribution in [0.25, 0.3) is 0 Å². The van der Waals surface area contributed by atoms with Crippen LogP contribution < -0.4 is 0 Å². The van der Waals surface area contributed by atoms with Crippen LogP contribution in [0.5, 0.6) is 0 Å². The predicted octanol–water partition coefficient (Wildman–Crippen LogP) is 6.86. The first-order chi connectivity index (χ1) is 18.8. The summed E-state index contributed by atoms with van der Waals surface area (Å²) in [6.45, 7) is 2.92. The third-order valence-electron chi connectivity index (χ3n) is 8.54. The van der Waals surface area contributed by atoms with Gasteiger partial charge in [0.05, 0.1) is 19.5 Å². The fourth-order valence-corrected chi connectivity index (χ4v) is 6.66. The molecule has 1 aliphatic heterocycles. The lowest BCUT2D eigenvalue weighted by atomic mass is 9.73. The molecule has 7 heteroatoms. The minimum absolute atomic E-state index is 0.0245. The molecule has 39 heavy (non-hydrogen) atoms. The van der Waals surface area contributed by atoms with Crippen LogP contribution in [0.2, 0.25) is 0 Å². The van der Waals surface area contributed by atoms with Crippen LogP contribution in [0, 0.1) is 17.7 Å². The number of methoxy groups -OCH3 is 1. The van der Waals surface area contributed by atoms with Crippen molar-refractivity contribution in [2.24, 2.45) is 16.8 Å². The second-order valence-corrected chi connectivity index (χ2v) is 11.4. The van der Waals surface area contributed by atoms with Gasteiger partial charge in [0.1, 0.15) is 5.82 Å². The summed E-state index contributed by atoms with van der Waals surface area (Å²) in [5.74, 6) is 0.837. The molecule has 0 radical (unpaired) electrons.